The Hall–Kier alpha value is -2.06. The maximum Gasteiger partial charge on any atom is 0.182 e. The molecule has 5 nitrogen and oxygen atoms in total. The Balaban J connectivity index is 1.47. The number of halogens is 2. The highest BCUT2D eigenvalue weighted by atomic mass is 32.2. The molecule has 1 aromatic carbocycles. The molecule has 0 N–H and O–H groups in total. The Morgan fingerprint density at radius 3 is 2.57 bits per heavy atom. The lowest BCUT2D eigenvalue weighted by Gasteiger charge is -2.28. The van der Waals surface area contributed by atoms with E-state index in [0.29, 0.717) is 23.3 Å². The third-order valence-corrected chi connectivity index (χ3v) is 8.00. The van der Waals surface area contributed by atoms with Crippen LogP contribution in [0.15, 0.2) is 35.2 Å². The highest BCUT2D eigenvalue weighted by Crippen LogP contribution is 2.28. The fourth-order valence-corrected chi connectivity index (χ4v) is 6.02. The summed E-state index contributed by atoms with van der Waals surface area (Å²) in [4.78, 5) is 9.28. The normalized spacial score (nSPS) is 22.7. The quantitative estimate of drug-likeness (QED) is 0.671. The van der Waals surface area contributed by atoms with E-state index in [-0.39, 0.29) is 10.6 Å². The van der Waals surface area contributed by atoms with Gasteiger partial charge in [0.05, 0.1) is 10.6 Å². The summed E-state index contributed by atoms with van der Waals surface area (Å²) in [5.74, 6) is -1.68. The van der Waals surface area contributed by atoms with E-state index < -0.39 is 21.5 Å². The molecule has 0 bridgehead atoms. The van der Waals surface area contributed by atoms with Crippen molar-refractivity contribution in [2.24, 2.45) is 0 Å². The maximum absolute atomic E-state index is 13.5. The molecule has 2 fully saturated rings. The molecule has 162 valence electrons. The summed E-state index contributed by atoms with van der Waals surface area (Å²) in [5.41, 5.74) is 1.20. The van der Waals surface area contributed by atoms with Crippen LogP contribution in [0.4, 0.5) is 14.6 Å². The Kier molecular flexibility index (Phi) is 5.81. The van der Waals surface area contributed by atoms with Gasteiger partial charge in [0.2, 0.25) is 0 Å². The fraction of sp³-hybridized carbons (Fsp3) is 0.500. The summed E-state index contributed by atoms with van der Waals surface area (Å²) in [6.07, 6.45) is 3.63. The second-order valence-corrected chi connectivity index (χ2v) is 10.4. The lowest BCUT2D eigenvalue weighted by molar-refractivity contribution is 0.204. The molecule has 8 heteroatoms. The summed E-state index contributed by atoms with van der Waals surface area (Å²) in [7, 11) is -3.80. The zero-order valence-corrected chi connectivity index (χ0v) is 18.1. The Morgan fingerprint density at radius 1 is 1.10 bits per heavy atom. The lowest BCUT2D eigenvalue weighted by Crippen LogP contribution is -2.39. The van der Waals surface area contributed by atoms with Crippen LogP contribution < -0.4 is 4.90 Å². The highest BCUT2D eigenvalue weighted by Gasteiger charge is 2.33. The highest BCUT2D eigenvalue weighted by molar-refractivity contribution is 7.90. The van der Waals surface area contributed by atoms with Crippen molar-refractivity contribution >= 4 is 15.7 Å². The first-order valence-corrected chi connectivity index (χ1v) is 12.0. The molecule has 1 aromatic heterocycles. The van der Waals surface area contributed by atoms with Crippen LogP contribution in [0.25, 0.3) is 0 Å². The molecule has 0 saturated carbocycles. The zero-order valence-electron chi connectivity index (χ0n) is 17.3. The van der Waals surface area contributed by atoms with Gasteiger partial charge in [-0.25, -0.2) is 22.2 Å². The SMILES string of the molecule is Cc1nc(N2CC[C@H](N3CCC[C@@H]3C)C2)ccc1CS(=O)(=O)c1ccc(F)c(F)c1. The van der Waals surface area contributed by atoms with E-state index in [9.17, 15) is 17.2 Å². The molecule has 0 radical (unpaired) electrons. The van der Waals surface area contributed by atoms with E-state index in [1.165, 1.54) is 12.8 Å². The third-order valence-electron chi connectivity index (χ3n) is 6.34. The van der Waals surface area contributed by atoms with Gasteiger partial charge in [0.1, 0.15) is 5.82 Å². The van der Waals surface area contributed by atoms with Crippen molar-refractivity contribution in [2.75, 3.05) is 24.5 Å². The number of aryl methyl sites for hydroxylation is 1. The first kappa shape index (κ1) is 21.2. The fourth-order valence-electron chi connectivity index (χ4n) is 4.58. The van der Waals surface area contributed by atoms with Crippen molar-refractivity contribution in [1.29, 1.82) is 0 Å². The van der Waals surface area contributed by atoms with Gasteiger partial charge in [-0.2, -0.15) is 0 Å². The van der Waals surface area contributed by atoms with Gasteiger partial charge in [-0.15, -0.1) is 0 Å². The minimum Gasteiger partial charge on any atom is -0.355 e. The van der Waals surface area contributed by atoms with Crippen molar-refractivity contribution in [3.05, 3.63) is 53.2 Å². The molecule has 0 aliphatic carbocycles. The van der Waals surface area contributed by atoms with Gasteiger partial charge >= 0.3 is 0 Å². The number of benzene rings is 1. The number of aromatic nitrogens is 1. The number of anilines is 1. The molecule has 2 saturated heterocycles. The van der Waals surface area contributed by atoms with E-state index in [1.807, 2.05) is 6.07 Å². The van der Waals surface area contributed by atoms with E-state index in [0.717, 1.165) is 50.1 Å². The van der Waals surface area contributed by atoms with Gasteiger partial charge in [0, 0.05) is 30.9 Å². The first-order chi connectivity index (χ1) is 14.2. The number of pyridine rings is 1. The van der Waals surface area contributed by atoms with Crippen molar-refractivity contribution in [3.63, 3.8) is 0 Å². The van der Waals surface area contributed by atoms with Crippen LogP contribution in [0, 0.1) is 18.6 Å². The number of likely N-dealkylation sites (tertiary alicyclic amines) is 1. The second kappa shape index (κ2) is 8.23. The maximum atomic E-state index is 13.5. The van der Waals surface area contributed by atoms with Crippen molar-refractivity contribution in [3.8, 4) is 0 Å². The second-order valence-electron chi connectivity index (χ2n) is 8.37. The minimum atomic E-state index is -3.80. The van der Waals surface area contributed by atoms with Crippen LogP contribution in [0.2, 0.25) is 0 Å². The standard InChI is InChI=1S/C22H27F2N3O2S/c1-15-4-3-10-27(15)18-9-11-26(13-18)22-8-5-17(16(2)25-22)14-30(28,29)19-6-7-20(23)21(24)12-19/h5-8,12,15,18H,3-4,9-11,13-14H2,1-2H3/t15-,18-/m0/s1. The summed E-state index contributed by atoms with van der Waals surface area (Å²) in [5, 5.41) is 0. The van der Waals surface area contributed by atoms with Crippen LogP contribution in [-0.2, 0) is 15.6 Å². The molecule has 2 aromatic rings. The van der Waals surface area contributed by atoms with Gasteiger partial charge in [-0.3, -0.25) is 4.90 Å². The predicted octanol–water partition coefficient (Wildman–Crippen LogP) is 3.71. The monoisotopic (exact) mass is 435 g/mol. The zero-order chi connectivity index (χ0) is 21.5. The van der Waals surface area contributed by atoms with E-state index in [1.54, 1.807) is 13.0 Å². The Bertz CT molecular complexity index is 1040. The third kappa shape index (κ3) is 4.21. The summed E-state index contributed by atoms with van der Waals surface area (Å²) in [6, 6.07) is 7.47. The molecule has 0 amide bonds. The van der Waals surface area contributed by atoms with Gasteiger partial charge < -0.3 is 4.90 Å². The van der Waals surface area contributed by atoms with Crippen LogP contribution in [0.3, 0.4) is 0 Å². The van der Waals surface area contributed by atoms with Crippen molar-refractivity contribution < 1.29 is 17.2 Å². The molecule has 30 heavy (non-hydrogen) atoms. The smallest absolute Gasteiger partial charge is 0.182 e. The van der Waals surface area contributed by atoms with E-state index in [4.69, 9.17) is 0 Å². The summed E-state index contributed by atoms with van der Waals surface area (Å²) in [6.45, 7) is 7.11. The first-order valence-electron chi connectivity index (χ1n) is 10.4. The molecule has 2 atom stereocenters. The predicted molar refractivity (Wildman–Crippen MR) is 112 cm³/mol. The summed E-state index contributed by atoms with van der Waals surface area (Å²) < 4.78 is 51.9. The Morgan fingerprint density at radius 2 is 1.90 bits per heavy atom. The Labute approximate surface area is 176 Å². The van der Waals surface area contributed by atoms with Crippen molar-refractivity contribution in [1.82, 2.24) is 9.88 Å². The summed E-state index contributed by atoms with van der Waals surface area (Å²) >= 11 is 0. The average Bonchev–Trinajstić information content (AvgIpc) is 3.34. The van der Waals surface area contributed by atoms with Gasteiger partial charge in [0.25, 0.3) is 0 Å². The van der Waals surface area contributed by atoms with Crippen LogP contribution in [-0.4, -0.2) is 50.0 Å². The van der Waals surface area contributed by atoms with Crippen LogP contribution in [0.1, 0.15) is 37.4 Å². The molecular weight excluding hydrogens is 408 g/mol. The lowest BCUT2D eigenvalue weighted by atomic mass is 10.2. The van der Waals surface area contributed by atoms with Gasteiger partial charge in [-0.05, 0) is 69.5 Å². The molecular formula is C22H27F2N3O2S. The topological polar surface area (TPSA) is 53.5 Å². The van der Waals surface area contributed by atoms with E-state index >= 15 is 0 Å². The number of rotatable bonds is 5. The molecule has 3 heterocycles. The number of hydrogen-bond acceptors (Lipinski definition) is 5. The molecule has 0 unspecified atom stereocenters. The number of sulfone groups is 1. The van der Waals surface area contributed by atoms with Gasteiger partial charge in [-0.1, -0.05) is 6.07 Å². The number of hydrogen-bond donors (Lipinski definition) is 0. The van der Waals surface area contributed by atoms with Crippen LogP contribution in [0.5, 0.6) is 0 Å². The minimum absolute atomic E-state index is 0.230. The van der Waals surface area contributed by atoms with Gasteiger partial charge in [0.15, 0.2) is 21.5 Å². The molecule has 2 aliphatic rings. The van der Waals surface area contributed by atoms with E-state index in [2.05, 4.69) is 21.7 Å². The molecule has 0 spiro atoms. The largest absolute Gasteiger partial charge is 0.355 e. The van der Waals surface area contributed by atoms with Crippen molar-refractivity contribution in [2.45, 2.75) is 55.8 Å². The molecule has 4 rings (SSSR count). The van der Waals surface area contributed by atoms with Crippen LogP contribution >= 0.6 is 0 Å². The average molecular weight is 436 g/mol. The molecule has 2 aliphatic heterocycles. The number of nitrogens with zero attached hydrogens (tertiary/aromatic N) is 3.